The van der Waals surface area contributed by atoms with Crippen LogP contribution in [0.5, 0.6) is 0 Å². The highest BCUT2D eigenvalue weighted by Crippen LogP contribution is 2.33. The van der Waals surface area contributed by atoms with Crippen LogP contribution in [0.15, 0.2) is 18.2 Å². The Morgan fingerprint density at radius 3 is 2.59 bits per heavy atom. The van der Waals surface area contributed by atoms with E-state index in [9.17, 15) is 10.1 Å². The lowest BCUT2D eigenvalue weighted by atomic mass is 10.0. The SMILES string of the molecule is CCC(Nc1cccc(Cl)c1[N+](=O)[O-])C(C)C. The Labute approximate surface area is 106 Å². The minimum absolute atomic E-state index is 0.0479. The number of rotatable bonds is 5. The Bertz CT molecular complexity index is 407. The lowest BCUT2D eigenvalue weighted by Crippen LogP contribution is -2.25. The molecule has 1 aromatic rings. The van der Waals surface area contributed by atoms with Gasteiger partial charge in [-0.1, -0.05) is 38.4 Å². The van der Waals surface area contributed by atoms with Gasteiger partial charge in [0.05, 0.1) is 4.92 Å². The normalized spacial score (nSPS) is 12.5. The fourth-order valence-corrected chi connectivity index (χ4v) is 2.00. The molecular formula is C12H17ClN2O2. The van der Waals surface area contributed by atoms with Crippen molar-refractivity contribution in [2.24, 2.45) is 5.92 Å². The molecule has 5 heteroatoms. The molecule has 0 spiro atoms. The second kappa shape index (κ2) is 5.87. The zero-order valence-corrected chi connectivity index (χ0v) is 11.0. The predicted molar refractivity (Wildman–Crippen MR) is 70.6 cm³/mol. The predicted octanol–water partition coefficient (Wildman–Crippen LogP) is 4.09. The molecule has 0 aliphatic heterocycles. The molecule has 94 valence electrons. The average molecular weight is 257 g/mol. The van der Waals surface area contributed by atoms with E-state index in [-0.39, 0.29) is 16.8 Å². The van der Waals surface area contributed by atoms with Crippen LogP contribution in [0.2, 0.25) is 5.02 Å². The number of halogens is 1. The standard InChI is InChI=1S/C12H17ClN2O2/c1-4-10(8(2)3)14-11-7-5-6-9(13)12(11)15(16)17/h5-8,10,14H,4H2,1-3H3. The first-order valence-corrected chi connectivity index (χ1v) is 6.04. The number of benzene rings is 1. The third-order valence-corrected chi connectivity index (χ3v) is 3.06. The maximum Gasteiger partial charge on any atom is 0.310 e. The van der Waals surface area contributed by atoms with Gasteiger partial charge >= 0.3 is 5.69 Å². The summed E-state index contributed by atoms with van der Waals surface area (Å²) in [5.41, 5.74) is 0.441. The van der Waals surface area contributed by atoms with Gasteiger partial charge in [-0.2, -0.15) is 0 Å². The van der Waals surface area contributed by atoms with Gasteiger partial charge in [-0.05, 0) is 24.5 Å². The van der Waals surface area contributed by atoms with Crippen LogP contribution >= 0.6 is 11.6 Å². The summed E-state index contributed by atoms with van der Waals surface area (Å²) in [5, 5.41) is 14.3. The van der Waals surface area contributed by atoms with Crippen LogP contribution in [0.25, 0.3) is 0 Å². The Morgan fingerprint density at radius 1 is 1.47 bits per heavy atom. The number of para-hydroxylation sites is 1. The van der Waals surface area contributed by atoms with Crippen LogP contribution in [0.1, 0.15) is 27.2 Å². The van der Waals surface area contributed by atoms with Crippen LogP contribution in [0, 0.1) is 16.0 Å². The van der Waals surface area contributed by atoms with Crippen molar-refractivity contribution >= 4 is 23.0 Å². The van der Waals surface area contributed by atoms with Gasteiger partial charge in [0.2, 0.25) is 0 Å². The van der Waals surface area contributed by atoms with Crippen molar-refractivity contribution in [1.29, 1.82) is 0 Å². The summed E-state index contributed by atoms with van der Waals surface area (Å²) in [6.45, 7) is 6.21. The molecule has 0 amide bonds. The van der Waals surface area contributed by atoms with Crippen LogP contribution in [0.3, 0.4) is 0 Å². The molecule has 0 aliphatic carbocycles. The molecule has 1 atom stereocenters. The molecule has 4 nitrogen and oxygen atoms in total. The molecule has 0 aromatic heterocycles. The van der Waals surface area contributed by atoms with E-state index in [0.29, 0.717) is 11.6 Å². The summed E-state index contributed by atoms with van der Waals surface area (Å²) in [6.07, 6.45) is 0.904. The number of nitrogens with one attached hydrogen (secondary N) is 1. The van der Waals surface area contributed by atoms with E-state index < -0.39 is 4.92 Å². The Balaban J connectivity index is 3.05. The minimum Gasteiger partial charge on any atom is -0.376 e. The fraction of sp³-hybridized carbons (Fsp3) is 0.500. The summed E-state index contributed by atoms with van der Waals surface area (Å²) in [6, 6.07) is 5.13. The molecule has 0 saturated heterocycles. The number of hydrogen-bond acceptors (Lipinski definition) is 3. The molecule has 0 heterocycles. The fourth-order valence-electron chi connectivity index (χ4n) is 1.76. The molecule has 1 N–H and O–H groups in total. The first-order chi connectivity index (χ1) is 7.97. The Kier molecular flexibility index (Phi) is 4.75. The molecule has 0 bridgehead atoms. The van der Waals surface area contributed by atoms with Gasteiger partial charge in [0.15, 0.2) is 0 Å². The summed E-state index contributed by atoms with van der Waals surface area (Å²) in [4.78, 5) is 10.5. The average Bonchev–Trinajstić information content (AvgIpc) is 2.24. The zero-order chi connectivity index (χ0) is 13.0. The summed E-state index contributed by atoms with van der Waals surface area (Å²) in [7, 11) is 0. The zero-order valence-electron chi connectivity index (χ0n) is 10.2. The highest BCUT2D eigenvalue weighted by molar-refractivity contribution is 6.33. The topological polar surface area (TPSA) is 55.2 Å². The van der Waals surface area contributed by atoms with E-state index >= 15 is 0 Å². The maximum atomic E-state index is 11.0. The Hall–Kier alpha value is -1.29. The van der Waals surface area contributed by atoms with Crippen molar-refractivity contribution in [1.82, 2.24) is 0 Å². The van der Waals surface area contributed by atoms with E-state index in [1.807, 2.05) is 6.92 Å². The van der Waals surface area contributed by atoms with Crippen molar-refractivity contribution < 1.29 is 4.92 Å². The molecule has 1 rings (SSSR count). The van der Waals surface area contributed by atoms with Crippen LogP contribution < -0.4 is 5.32 Å². The molecule has 17 heavy (non-hydrogen) atoms. The van der Waals surface area contributed by atoms with Gasteiger partial charge < -0.3 is 5.32 Å². The summed E-state index contributed by atoms with van der Waals surface area (Å²) < 4.78 is 0. The van der Waals surface area contributed by atoms with E-state index in [1.165, 1.54) is 6.07 Å². The second-order valence-electron chi connectivity index (χ2n) is 4.30. The summed E-state index contributed by atoms with van der Waals surface area (Å²) >= 11 is 5.85. The number of hydrogen-bond donors (Lipinski definition) is 1. The van der Waals surface area contributed by atoms with E-state index in [4.69, 9.17) is 11.6 Å². The minimum atomic E-state index is -0.447. The smallest absolute Gasteiger partial charge is 0.310 e. The first kappa shape index (κ1) is 13.8. The van der Waals surface area contributed by atoms with Crippen LogP contribution in [0.4, 0.5) is 11.4 Å². The lowest BCUT2D eigenvalue weighted by Gasteiger charge is -2.21. The third kappa shape index (κ3) is 3.33. The first-order valence-electron chi connectivity index (χ1n) is 5.66. The molecule has 1 unspecified atom stereocenters. The van der Waals surface area contributed by atoms with Crippen molar-refractivity contribution in [3.05, 3.63) is 33.3 Å². The highest BCUT2D eigenvalue weighted by Gasteiger charge is 2.21. The van der Waals surface area contributed by atoms with Crippen molar-refractivity contribution in [3.63, 3.8) is 0 Å². The Morgan fingerprint density at radius 2 is 2.12 bits per heavy atom. The maximum absolute atomic E-state index is 11.0. The van der Waals surface area contributed by atoms with Crippen LogP contribution in [-0.4, -0.2) is 11.0 Å². The monoisotopic (exact) mass is 256 g/mol. The van der Waals surface area contributed by atoms with E-state index in [1.54, 1.807) is 12.1 Å². The third-order valence-electron chi connectivity index (χ3n) is 2.75. The van der Waals surface area contributed by atoms with Gasteiger partial charge in [-0.3, -0.25) is 10.1 Å². The van der Waals surface area contributed by atoms with Gasteiger partial charge in [0.1, 0.15) is 10.7 Å². The van der Waals surface area contributed by atoms with E-state index in [0.717, 1.165) is 6.42 Å². The second-order valence-corrected chi connectivity index (χ2v) is 4.70. The molecule has 0 fully saturated rings. The van der Waals surface area contributed by atoms with Crippen molar-refractivity contribution in [2.45, 2.75) is 33.2 Å². The molecule has 0 saturated carbocycles. The van der Waals surface area contributed by atoms with Gasteiger partial charge in [0, 0.05) is 6.04 Å². The molecular weight excluding hydrogens is 240 g/mol. The van der Waals surface area contributed by atoms with Gasteiger partial charge in [0.25, 0.3) is 0 Å². The lowest BCUT2D eigenvalue weighted by molar-refractivity contribution is -0.383. The number of anilines is 1. The quantitative estimate of drug-likeness (QED) is 0.638. The number of nitro groups is 1. The van der Waals surface area contributed by atoms with E-state index in [2.05, 4.69) is 19.2 Å². The molecule has 0 radical (unpaired) electrons. The van der Waals surface area contributed by atoms with Gasteiger partial charge in [-0.15, -0.1) is 0 Å². The van der Waals surface area contributed by atoms with Crippen molar-refractivity contribution in [2.75, 3.05) is 5.32 Å². The van der Waals surface area contributed by atoms with Crippen molar-refractivity contribution in [3.8, 4) is 0 Å². The summed E-state index contributed by atoms with van der Waals surface area (Å²) in [5.74, 6) is 0.401. The molecule has 1 aromatic carbocycles. The highest BCUT2D eigenvalue weighted by atomic mass is 35.5. The van der Waals surface area contributed by atoms with Gasteiger partial charge in [-0.25, -0.2) is 0 Å². The number of nitrogens with zero attached hydrogens (tertiary/aromatic N) is 1. The number of nitro benzene ring substituents is 1. The largest absolute Gasteiger partial charge is 0.376 e. The van der Waals surface area contributed by atoms with Crippen LogP contribution in [-0.2, 0) is 0 Å². The molecule has 0 aliphatic rings.